The van der Waals surface area contributed by atoms with Crippen molar-refractivity contribution in [1.82, 2.24) is 4.98 Å². The fourth-order valence-corrected chi connectivity index (χ4v) is 2.02. The molecule has 2 heterocycles. The molecule has 2 N–H and O–H groups in total. The number of hydrogen-bond donors (Lipinski definition) is 1. The Morgan fingerprint density at radius 2 is 2.47 bits per heavy atom. The summed E-state index contributed by atoms with van der Waals surface area (Å²) in [6.07, 6.45) is 1.86. The number of rotatable bonds is 3. The number of ether oxygens (including phenoxy) is 2. The SMILES string of the molecule is COc1cnc(C)cc1N1CCOC(CN)C1. The zero-order chi connectivity index (χ0) is 12.3. The van der Waals surface area contributed by atoms with Gasteiger partial charge >= 0.3 is 0 Å². The summed E-state index contributed by atoms with van der Waals surface area (Å²) >= 11 is 0. The zero-order valence-corrected chi connectivity index (χ0v) is 10.3. The van der Waals surface area contributed by atoms with E-state index in [2.05, 4.69) is 9.88 Å². The van der Waals surface area contributed by atoms with E-state index < -0.39 is 0 Å². The summed E-state index contributed by atoms with van der Waals surface area (Å²) in [4.78, 5) is 6.48. The van der Waals surface area contributed by atoms with Crippen LogP contribution in [0.3, 0.4) is 0 Å². The molecule has 1 saturated heterocycles. The summed E-state index contributed by atoms with van der Waals surface area (Å²) in [7, 11) is 1.66. The highest BCUT2D eigenvalue weighted by Gasteiger charge is 2.22. The maximum atomic E-state index is 5.65. The first-order valence-electron chi connectivity index (χ1n) is 5.82. The Bertz CT molecular complexity index is 384. The molecule has 1 atom stereocenters. The number of hydrogen-bond acceptors (Lipinski definition) is 5. The lowest BCUT2D eigenvalue weighted by Crippen LogP contribution is -2.45. The molecule has 1 aromatic heterocycles. The molecule has 0 aromatic carbocycles. The topological polar surface area (TPSA) is 60.6 Å². The van der Waals surface area contributed by atoms with Gasteiger partial charge < -0.3 is 20.1 Å². The van der Waals surface area contributed by atoms with E-state index in [-0.39, 0.29) is 6.10 Å². The highest BCUT2D eigenvalue weighted by atomic mass is 16.5. The van der Waals surface area contributed by atoms with Crippen molar-refractivity contribution in [1.29, 1.82) is 0 Å². The average Bonchev–Trinajstić information content (AvgIpc) is 2.39. The van der Waals surface area contributed by atoms with Crippen molar-refractivity contribution < 1.29 is 9.47 Å². The van der Waals surface area contributed by atoms with Gasteiger partial charge in [0, 0.05) is 25.3 Å². The molecule has 2 rings (SSSR count). The van der Waals surface area contributed by atoms with Gasteiger partial charge in [0.25, 0.3) is 0 Å². The third-order valence-corrected chi connectivity index (χ3v) is 2.95. The van der Waals surface area contributed by atoms with Crippen LogP contribution in [0.5, 0.6) is 5.75 Å². The first-order valence-corrected chi connectivity index (χ1v) is 5.82. The molecule has 1 fully saturated rings. The lowest BCUT2D eigenvalue weighted by molar-refractivity contribution is 0.0464. The fraction of sp³-hybridized carbons (Fsp3) is 0.583. The second-order valence-corrected chi connectivity index (χ2v) is 4.17. The minimum atomic E-state index is 0.0990. The van der Waals surface area contributed by atoms with Crippen LogP contribution >= 0.6 is 0 Å². The van der Waals surface area contributed by atoms with Gasteiger partial charge in [-0.2, -0.15) is 0 Å². The Morgan fingerprint density at radius 3 is 3.18 bits per heavy atom. The smallest absolute Gasteiger partial charge is 0.160 e. The molecule has 5 nitrogen and oxygen atoms in total. The van der Waals surface area contributed by atoms with E-state index >= 15 is 0 Å². The first kappa shape index (κ1) is 12.1. The largest absolute Gasteiger partial charge is 0.493 e. The van der Waals surface area contributed by atoms with E-state index in [1.54, 1.807) is 13.3 Å². The molecule has 0 radical (unpaired) electrons. The van der Waals surface area contributed by atoms with Crippen molar-refractivity contribution in [3.05, 3.63) is 18.0 Å². The number of pyridine rings is 1. The van der Waals surface area contributed by atoms with Crippen LogP contribution < -0.4 is 15.4 Å². The van der Waals surface area contributed by atoms with Crippen molar-refractivity contribution in [3.63, 3.8) is 0 Å². The molecular formula is C12H19N3O2. The van der Waals surface area contributed by atoms with E-state index in [0.717, 1.165) is 30.2 Å². The van der Waals surface area contributed by atoms with Crippen LogP contribution in [0.1, 0.15) is 5.69 Å². The molecule has 0 bridgehead atoms. The fourth-order valence-electron chi connectivity index (χ4n) is 2.02. The molecule has 0 amide bonds. The summed E-state index contributed by atoms with van der Waals surface area (Å²) in [6, 6.07) is 2.04. The highest BCUT2D eigenvalue weighted by Crippen LogP contribution is 2.29. The van der Waals surface area contributed by atoms with E-state index in [1.165, 1.54) is 0 Å². The van der Waals surface area contributed by atoms with Gasteiger partial charge in [-0.25, -0.2) is 0 Å². The number of anilines is 1. The van der Waals surface area contributed by atoms with Gasteiger partial charge in [-0.3, -0.25) is 4.98 Å². The summed E-state index contributed by atoms with van der Waals surface area (Å²) in [5.41, 5.74) is 7.70. The lowest BCUT2D eigenvalue weighted by Gasteiger charge is -2.34. The van der Waals surface area contributed by atoms with Crippen molar-refractivity contribution in [2.75, 3.05) is 38.3 Å². The van der Waals surface area contributed by atoms with Crippen molar-refractivity contribution in [2.45, 2.75) is 13.0 Å². The molecular weight excluding hydrogens is 218 g/mol. The van der Waals surface area contributed by atoms with Gasteiger partial charge in [0.05, 0.1) is 31.7 Å². The predicted molar refractivity (Wildman–Crippen MR) is 66.5 cm³/mol. The van der Waals surface area contributed by atoms with Crippen LogP contribution in [0.4, 0.5) is 5.69 Å². The quantitative estimate of drug-likeness (QED) is 0.832. The van der Waals surface area contributed by atoms with Crippen molar-refractivity contribution in [2.24, 2.45) is 5.73 Å². The molecule has 0 saturated carbocycles. The number of morpholine rings is 1. The van der Waals surface area contributed by atoms with Gasteiger partial charge in [0.1, 0.15) is 0 Å². The van der Waals surface area contributed by atoms with Crippen molar-refractivity contribution in [3.8, 4) is 5.75 Å². The Hall–Kier alpha value is -1.33. The molecule has 94 valence electrons. The second-order valence-electron chi connectivity index (χ2n) is 4.17. The number of methoxy groups -OCH3 is 1. The summed E-state index contributed by atoms with van der Waals surface area (Å²) in [5.74, 6) is 0.799. The van der Waals surface area contributed by atoms with Gasteiger partial charge in [-0.05, 0) is 13.0 Å². The van der Waals surface area contributed by atoms with E-state index in [1.807, 2.05) is 13.0 Å². The Kier molecular flexibility index (Phi) is 3.81. The molecule has 1 aliphatic rings. The molecule has 1 unspecified atom stereocenters. The Morgan fingerprint density at radius 1 is 1.65 bits per heavy atom. The molecule has 17 heavy (non-hydrogen) atoms. The van der Waals surface area contributed by atoms with Crippen LogP contribution in [0, 0.1) is 6.92 Å². The Balaban J connectivity index is 2.22. The van der Waals surface area contributed by atoms with Crippen LogP contribution in [0.15, 0.2) is 12.3 Å². The van der Waals surface area contributed by atoms with Gasteiger partial charge in [-0.1, -0.05) is 0 Å². The minimum Gasteiger partial charge on any atom is -0.493 e. The maximum Gasteiger partial charge on any atom is 0.160 e. The van der Waals surface area contributed by atoms with Gasteiger partial charge in [0.15, 0.2) is 5.75 Å². The number of aryl methyl sites for hydroxylation is 1. The summed E-state index contributed by atoms with van der Waals surface area (Å²) in [5, 5.41) is 0. The summed E-state index contributed by atoms with van der Waals surface area (Å²) in [6.45, 7) is 4.88. The van der Waals surface area contributed by atoms with Gasteiger partial charge in [-0.15, -0.1) is 0 Å². The van der Waals surface area contributed by atoms with E-state index in [9.17, 15) is 0 Å². The average molecular weight is 237 g/mol. The predicted octanol–water partition coefficient (Wildman–Crippen LogP) is 0.563. The van der Waals surface area contributed by atoms with E-state index in [4.69, 9.17) is 15.2 Å². The van der Waals surface area contributed by atoms with Crippen LogP contribution in [0.25, 0.3) is 0 Å². The highest BCUT2D eigenvalue weighted by molar-refractivity contribution is 5.58. The normalized spacial score (nSPS) is 20.4. The second kappa shape index (κ2) is 5.33. The molecule has 1 aliphatic heterocycles. The maximum absolute atomic E-state index is 5.65. The molecule has 0 spiro atoms. The number of nitrogens with zero attached hydrogens (tertiary/aromatic N) is 2. The number of aromatic nitrogens is 1. The summed E-state index contributed by atoms with van der Waals surface area (Å²) < 4.78 is 10.9. The van der Waals surface area contributed by atoms with E-state index in [0.29, 0.717) is 13.2 Å². The van der Waals surface area contributed by atoms with Crippen molar-refractivity contribution >= 4 is 5.69 Å². The van der Waals surface area contributed by atoms with Crippen LogP contribution in [-0.2, 0) is 4.74 Å². The zero-order valence-electron chi connectivity index (χ0n) is 10.3. The number of nitrogens with two attached hydrogens (primary N) is 1. The Labute approximate surface area is 102 Å². The molecule has 1 aromatic rings. The molecule has 5 heteroatoms. The third-order valence-electron chi connectivity index (χ3n) is 2.95. The van der Waals surface area contributed by atoms with Gasteiger partial charge in [0.2, 0.25) is 0 Å². The molecule has 0 aliphatic carbocycles. The van der Waals surface area contributed by atoms with Crippen LogP contribution in [0.2, 0.25) is 0 Å². The lowest BCUT2D eigenvalue weighted by atomic mass is 10.2. The van der Waals surface area contributed by atoms with Crippen LogP contribution in [-0.4, -0.2) is 44.4 Å². The third kappa shape index (κ3) is 2.68. The monoisotopic (exact) mass is 237 g/mol. The first-order chi connectivity index (χ1) is 8.24. The standard InChI is InChI=1S/C12H19N3O2/c1-9-5-11(12(16-2)7-14-9)15-3-4-17-10(6-13)8-15/h5,7,10H,3-4,6,8,13H2,1-2H3. The minimum absolute atomic E-state index is 0.0990.